The zero-order valence-electron chi connectivity index (χ0n) is 12.3. The first kappa shape index (κ1) is 14.5. The molecule has 0 unspecified atom stereocenters. The molecule has 4 heteroatoms. The summed E-state index contributed by atoms with van der Waals surface area (Å²) in [6, 6.07) is 17.7. The van der Waals surface area contributed by atoms with E-state index in [0.717, 1.165) is 29.1 Å². The van der Waals surface area contributed by atoms with Crippen molar-refractivity contribution in [3.8, 4) is 22.6 Å². The smallest absolute Gasteiger partial charge is 0.159 e. The summed E-state index contributed by atoms with van der Waals surface area (Å²) in [6.45, 7) is 2.86. The van der Waals surface area contributed by atoms with Crippen LogP contribution in [0.15, 0.2) is 60.8 Å². The molecular formula is C18H16ClN3. The second kappa shape index (κ2) is 6.58. The van der Waals surface area contributed by atoms with Gasteiger partial charge in [-0.1, -0.05) is 54.1 Å². The van der Waals surface area contributed by atoms with Gasteiger partial charge in [-0.15, -0.1) is 0 Å². The van der Waals surface area contributed by atoms with Gasteiger partial charge in [0.2, 0.25) is 0 Å². The van der Waals surface area contributed by atoms with Gasteiger partial charge in [0.1, 0.15) is 0 Å². The van der Waals surface area contributed by atoms with Crippen LogP contribution in [-0.4, -0.2) is 16.5 Å². The van der Waals surface area contributed by atoms with Crippen molar-refractivity contribution >= 4 is 17.3 Å². The third kappa shape index (κ3) is 3.10. The topological polar surface area (TPSA) is 37.8 Å². The number of nitrogens with zero attached hydrogens (tertiary/aromatic N) is 2. The van der Waals surface area contributed by atoms with Crippen LogP contribution in [0.25, 0.3) is 22.6 Å². The van der Waals surface area contributed by atoms with E-state index in [-0.39, 0.29) is 0 Å². The highest BCUT2D eigenvalue weighted by molar-refractivity contribution is 6.30. The number of benzene rings is 2. The van der Waals surface area contributed by atoms with Crippen LogP contribution in [0.5, 0.6) is 0 Å². The summed E-state index contributed by atoms with van der Waals surface area (Å²) in [5.41, 5.74) is 3.74. The molecule has 0 aliphatic rings. The predicted molar refractivity (Wildman–Crippen MR) is 92.1 cm³/mol. The fourth-order valence-electron chi connectivity index (χ4n) is 2.28. The quantitative estimate of drug-likeness (QED) is 0.745. The number of halogens is 1. The van der Waals surface area contributed by atoms with Crippen molar-refractivity contribution in [2.75, 3.05) is 11.9 Å². The fraction of sp³-hybridized carbons (Fsp3) is 0.111. The summed E-state index contributed by atoms with van der Waals surface area (Å²) in [6.07, 6.45) is 1.83. The van der Waals surface area contributed by atoms with Crippen LogP contribution in [0.1, 0.15) is 6.92 Å². The molecule has 3 rings (SSSR count). The van der Waals surface area contributed by atoms with Crippen molar-refractivity contribution in [1.82, 2.24) is 9.97 Å². The van der Waals surface area contributed by atoms with Crippen LogP contribution < -0.4 is 5.32 Å². The second-order valence-corrected chi connectivity index (χ2v) is 5.30. The first-order valence-corrected chi connectivity index (χ1v) is 7.58. The SMILES string of the molecule is CCNc1cnc(-c2ccccc2)nc1-c1cccc(Cl)c1. The molecule has 3 aromatic rings. The van der Waals surface area contributed by atoms with Crippen LogP contribution >= 0.6 is 11.6 Å². The van der Waals surface area contributed by atoms with Crippen molar-refractivity contribution < 1.29 is 0 Å². The van der Waals surface area contributed by atoms with E-state index in [1.165, 1.54) is 0 Å². The Kier molecular flexibility index (Phi) is 4.35. The van der Waals surface area contributed by atoms with Crippen LogP contribution in [0.4, 0.5) is 5.69 Å². The van der Waals surface area contributed by atoms with E-state index in [0.29, 0.717) is 10.8 Å². The van der Waals surface area contributed by atoms with Gasteiger partial charge in [-0.2, -0.15) is 0 Å². The highest BCUT2D eigenvalue weighted by Crippen LogP contribution is 2.29. The monoisotopic (exact) mass is 309 g/mol. The average Bonchev–Trinajstić information content (AvgIpc) is 2.56. The average molecular weight is 310 g/mol. The largest absolute Gasteiger partial charge is 0.382 e. The molecule has 2 aromatic carbocycles. The number of anilines is 1. The summed E-state index contributed by atoms with van der Waals surface area (Å²) < 4.78 is 0. The highest BCUT2D eigenvalue weighted by atomic mass is 35.5. The van der Waals surface area contributed by atoms with Crippen LogP contribution in [0, 0.1) is 0 Å². The van der Waals surface area contributed by atoms with Gasteiger partial charge in [0, 0.05) is 22.7 Å². The van der Waals surface area contributed by atoms with Crippen LogP contribution in [-0.2, 0) is 0 Å². The number of hydrogen-bond donors (Lipinski definition) is 1. The maximum Gasteiger partial charge on any atom is 0.159 e. The molecule has 0 aliphatic carbocycles. The van der Waals surface area contributed by atoms with E-state index in [2.05, 4.69) is 10.3 Å². The maximum absolute atomic E-state index is 6.12. The van der Waals surface area contributed by atoms with Gasteiger partial charge in [0.25, 0.3) is 0 Å². The van der Waals surface area contributed by atoms with Crippen molar-refractivity contribution in [3.63, 3.8) is 0 Å². The maximum atomic E-state index is 6.12. The van der Waals surface area contributed by atoms with E-state index < -0.39 is 0 Å². The minimum absolute atomic E-state index is 0.694. The first-order valence-electron chi connectivity index (χ1n) is 7.20. The summed E-state index contributed by atoms with van der Waals surface area (Å²) in [4.78, 5) is 9.21. The third-order valence-electron chi connectivity index (χ3n) is 3.29. The van der Waals surface area contributed by atoms with Gasteiger partial charge in [-0.05, 0) is 19.1 Å². The Balaban J connectivity index is 2.13. The van der Waals surface area contributed by atoms with Gasteiger partial charge in [0.15, 0.2) is 5.82 Å². The summed E-state index contributed by atoms with van der Waals surface area (Å²) >= 11 is 6.12. The lowest BCUT2D eigenvalue weighted by Gasteiger charge is -2.11. The zero-order valence-corrected chi connectivity index (χ0v) is 13.0. The Morgan fingerprint density at radius 2 is 1.77 bits per heavy atom. The molecule has 0 spiro atoms. The number of aromatic nitrogens is 2. The lowest BCUT2D eigenvalue weighted by atomic mass is 10.1. The molecule has 0 saturated carbocycles. The summed E-state index contributed by atoms with van der Waals surface area (Å²) in [5.74, 6) is 0.706. The molecule has 1 aromatic heterocycles. The molecule has 1 heterocycles. The molecule has 0 aliphatic heterocycles. The third-order valence-corrected chi connectivity index (χ3v) is 3.52. The molecule has 0 bridgehead atoms. The van der Waals surface area contributed by atoms with Gasteiger partial charge in [-0.3, -0.25) is 0 Å². The molecule has 1 N–H and O–H groups in total. The van der Waals surface area contributed by atoms with E-state index >= 15 is 0 Å². The van der Waals surface area contributed by atoms with Crippen LogP contribution in [0.3, 0.4) is 0 Å². The van der Waals surface area contributed by atoms with Gasteiger partial charge < -0.3 is 5.32 Å². The molecule has 0 radical (unpaired) electrons. The van der Waals surface area contributed by atoms with Gasteiger partial charge >= 0.3 is 0 Å². The summed E-state index contributed by atoms with van der Waals surface area (Å²) in [5, 5.41) is 4.00. The fourth-order valence-corrected chi connectivity index (χ4v) is 2.47. The van der Waals surface area contributed by atoms with Crippen molar-refractivity contribution in [2.45, 2.75) is 6.92 Å². The lowest BCUT2D eigenvalue weighted by molar-refractivity contribution is 1.14. The molecule has 0 fully saturated rings. The normalized spacial score (nSPS) is 10.5. The molecule has 22 heavy (non-hydrogen) atoms. The van der Waals surface area contributed by atoms with Crippen molar-refractivity contribution in [3.05, 3.63) is 65.8 Å². The standard InChI is InChI=1S/C18H16ClN3/c1-2-20-16-12-21-18(13-7-4-3-5-8-13)22-17(16)14-9-6-10-15(19)11-14/h3-12,20H,2H2,1H3. The Morgan fingerprint density at radius 3 is 2.50 bits per heavy atom. The molecule has 0 atom stereocenters. The lowest BCUT2D eigenvalue weighted by Crippen LogP contribution is -2.02. The molecule has 110 valence electrons. The highest BCUT2D eigenvalue weighted by Gasteiger charge is 2.10. The number of nitrogens with one attached hydrogen (secondary N) is 1. The minimum atomic E-state index is 0.694. The van der Waals surface area contributed by atoms with E-state index in [4.69, 9.17) is 16.6 Å². The molecular weight excluding hydrogens is 294 g/mol. The Bertz CT molecular complexity index is 772. The minimum Gasteiger partial charge on any atom is -0.382 e. The van der Waals surface area contributed by atoms with Crippen molar-refractivity contribution in [2.24, 2.45) is 0 Å². The summed E-state index contributed by atoms with van der Waals surface area (Å²) in [7, 11) is 0. The Hall–Kier alpha value is -2.39. The second-order valence-electron chi connectivity index (χ2n) is 4.86. The van der Waals surface area contributed by atoms with Gasteiger partial charge in [-0.25, -0.2) is 9.97 Å². The van der Waals surface area contributed by atoms with E-state index in [1.54, 1.807) is 0 Å². The number of hydrogen-bond acceptors (Lipinski definition) is 3. The number of rotatable bonds is 4. The van der Waals surface area contributed by atoms with Gasteiger partial charge in [0.05, 0.1) is 17.6 Å². The van der Waals surface area contributed by atoms with E-state index in [1.807, 2.05) is 67.7 Å². The Labute approximate surface area is 135 Å². The van der Waals surface area contributed by atoms with Crippen LogP contribution in [0.2, 0.25) is 5.02 Å². The zero-order chi connectivity index (χ0) is 15.4. The Morgan fingerprint density at radius 1 is 1.00 bits per heavy atom. The molecule has 0 saturated heterocycles. The van der Waals surface area contributed by atoms with Crippen molar-refractivity contribution in [1.29, 1.82) is 0 Å². The molecule has 0 amide bonds. The molecule has 3 nitrogen and oxygen atoms in total. The predicted octanol–water partition coefficient (Wildman–Crippen LogP) is 4.90. The first-order chi connectivity index (χ1) is 10.8. The van der Waals surface area contributed by atoms with E-state index in [9.17, 15) is 0 Å².